The second-order valence-corrected chi connectivity index (χ2v) is 4.15. The van der Waals surface area contributed by atoms with Crippen molar-refractivity contribution in [3.63, 3.8) is 0 Å². The third kappa shape index (κ3) is 2.51. The lowest BCUT2D eigenvalue weighted by Gasteiger charge is -2.24. The summed E-state index contributed by atoms with van der Waals surface area (Å²) in [4.78, 5) is 13.6. The van der Waals surface area contributed by atoms with Gasteiger partial charge in [0, 0.05) is 12.6 Å². The van der Waals surface area contributed by atoms with Crippen LogP contribution in [-0.4, -0.2) is 10.8 Å². The molecule has 0 saturated heterocycles. The highest BCUT2D eigenvalue weighted by atomic mass is 16.2. The van der Waals surface area contributed by atoms with Crippen molar-refractivity contribution in [1.29, 1.82) is 0 Å². The molecule has 1 aliphatic heterocycles. The van der Waals surface area contributed by atoms with E-state index in [0.717, 1.165) is 12.8 Å². The molecule has 0 radical (unpaired) electrons. The fourth-order valence-corrected chi connectivity index (χ4v) is 1.95. The van der Waals surface area contributed by atoms with Crippen LogP contribution in [0.1, 0.15) is 31.7 Å². The van der Waals surface area contributed by atoms with E-state index < -0.39 is 0 Å². The molecule has 0 aromatic heterocycles. The molecule has 1 aromatic rings. The Kier molecular flexibility index (Phi) is 3.40. The van der Waals surface area contributed by atoms with E-state index in [1.807, 2.05) is 29.3 Å². The number of hydrogen-bond acceptors (Lipinski definition) is 1. The minimum Gasteiger partial charge on any atom is -0.315 e. The van der Waals surface area contributed by atoms with Gasteiger partial charge in [-0.15, -0.1) is 0 Å². The number of carbonyl (C=O) groups is 1. The van der Waals surface area contributed by atoms with Crippen LogP contribution < -0.4 is 0 Å². The minimum atomic E-state index is 0.237. The van der Waals surface area contributed by atoms with Gasteiger partial charge in [0.25, 0.3) is 0 Å². The normalized spacial score (nSPS) is 16.2. The molecule has 0 bridgehead atoms. The third-order valence-electron chi connectivity index (χ3n) is 2.97. The molecule has 0 spiro atoms. The molecule has 0 unspecified atom stereocenters. The van der Waals surface area contributed by atoms with E-state index in [1.165, 1.54) is 11.1 Å². The fraction of sp³-hybridized carbons (Fsp3) is 0.357. The van der Waals surface area contributed by atoms with Gasteiger partial charge in [-0.1, -0.05) is 42.8 Å². The molecule has 0 atom stereocenters. The Morgan fingerprint density at radius 3 is 2.62 bits per heavy atom. The highest BCUT2D eigenvalue weighted by molar-refractivity contribution is 5.78. The molecule has 1 amide bonds. The zero-order valence-corrected chi connectivity index (χ0v) is 9.65. The number of amides is 1. The SMILES string of the molecule is CCC1=CN(Cc2ccccc2)C(=O)CC1. The maximum absolute atomic E-state index is 11.7. The summed E-state index contributed by atoms with van der Waals surface area (Å²) < 4.78 is 0. The average molecular weight is 215 g/mol. The zero-order valence-electron chi connectivity index (χ0n) is 9.65. The lowest BCUT2D eigenvalue weighted by molar-refractivity contribution is -0.129. The Labute approximate surface area is 96.6 Å². The van der Waals surface area contributed by atoms with Crippen LogP contribution in [0.3, 0.4) is 0 Å². The fourth-order valence-electron chi connectivity index (χ4n) is 1.95. The first-order chi connectivity index (χ1) is 7.79. The van der Waals surface area contributed by atoms with Crippen LogP contribution in [0.25, 0.3) is 0 Å². The van der Waals surface area contributed by atoms with Crippen molar-refractivity contribution in [3.05, 3.63) is 47.7 Å². The summed E-state index contributed by atoms with van der Waals surface area (Å²) in [6, 6.07) is 10.1. The average Bonchev–Trinajstić information content (AvgIpc) is 2.33. The lowest BCUT2D eigenvalue weighted by atomic mass is 10.0. The van der Waals surface area contributed by atoms with Crippen LogP contribution in [0.4, 0.5) is 0 Å². The van der Waals surface area contributed by atoms with Gasteiger partial charge >= 0.3 is 0 Å². The van der Waals surface area contributed by atoms with Gasteiger partial charge < -0.3 is 4.90 Å². The lowest BCUT2D eigenvalue weighted by Crippen LogP contribution is -2.28. The minimum absolute atomic E-state index is 0.237. The van der Waals surface area contributed by atoms with E-state index in [0.29, 0.717) is 13.0 Å². The van der Waals surface area contributed by atoms with Gasteiger partial charge in [0.15, 0.2) is 0 Å². The van der Waals surface area contributed by atoms with Gasteiger partial charge in [-0.05, 0) is 18.4 Å². The molecule has 2 rings (SSSR count). The summed E-state index contributed by atoms with van der Waals surface area (Å²) in [7, 11) is 0. The number of hydrogen-bond donors (Lipinski definition) is 0. The molecule has 1 aromatic carbocycles. The largest absolute Gasteiger partial charge is 0.315 e. The summed E-state index contributed by atoms with van der Waals surface area (Å²) in [6.45, 7) is 2.84. The van der Waals surface area contributed by atoms with Crippen LogP contribution in [0, 0.1) is 0 Å². The van der Waals surface area contributed by atoms with Crippen molar-refractivity contribution in [1.82, 2.24) is 4.90 Å². The van der Waals surface area contributed by atoms with Crippen LogP contribution >= 0.6 is 0 Å². The molecule has 0 saturated carbocycles. The number of carbonyl (C=O) groups excluding carboxylic acids is 1. The second kappa shape index (κ2) is 4.97. The van der Waals surface area contributed by atoms with Crippen molar-refractivity contribution in [2.75, 3.05) is 0 Å². The number of rotatable bonds is 3. The van der Waals surface area contributed by atoms with Crippen molar-refractivity contribution < 1.29 is 4.79 Å². The number of nitrogens with zero attached hydrogens (tertiary/aromatic N) is 1. The number of benzene rings is 1. The molecular weight excluding hydrogens is 198 g/mol. The highest BCUT2D eigenvalue weighted by Gasteiger charge is 2.17. The molecule has 1 aliphatic rings. The second-order valence-electron chi connectivity index (χ2n) is 4.15. The van der Waals surface area contributed by atoms with Crippen molar-refractivity contribution >= 4 is 5.91 Å². The summed E-state index contributed by atoms with van der Waals surface area (Å²) >= 11 is 0. The highest BCUT2D eigenvalue weighted by Crippen LogP contribution is 2.20. The van der Waals surface area contributed by atoms with Gasteiger partial charge in [-0.2, -0.15) is 0 Å². The first kappa shape index (κ1) is 10.9. The standard InChI is InChI=1S/C14H17NO/c1-2-12-8-9-14(16)15(10-12)11-13-6-4-3-5-7-13/h3-7,10H,2,8-9,11H2,1H3. The quantitative estimate of drug-likeness (QED) is 0.758. The monoisotopic (exact) mass is 215 g/mol. The topological polar surface area (TPSA) is 20.3 Å². The molecule has 2 heteroatoms. The molecule has 0 N–H and O–H groups in total. The van der Waals surface area contributed by atoms with Crippen LogP contribution in [0.2, 0.25) is 0 Å². The predicted molar refractivity (Wildman–Crippen MR) is 64.6 cm³/mol. The molecule has 2 nitrogen and oxygen atoms in total. The molecule has 0 aliphatic carbocycles. The van der Waals surface area contributed by atoms with E-state index in [9.17, 15) is 4.79 Å². The summed E-state index contributed by atoms with van der Waals surface area (Å²) in [6.07, 6.45) is 4.66. The maximum Gasteiger partial charge on any atom is 0.227 e. The molecule has 0 fully saturated rings. The first-order valence-corrected chi connectivity index (χ1v) is 5.82. The van der Waals surface area contributed by atoms with Gasteiger partial charge in [0.1, 0.15) is 0 Å². The van der Waals surface area contributed by atoms with Gasteiger partial charge in [-0.25, -0.2) is 0 Å². The van der Waals surface area contributed by atoms with Crippen molar-refractivity contribution in [2.45, 2.75) is 32.7 Å². The Morgan fingerprint density at radius 1 is 1.19 bits per heavy atom. The van der Waals surface area contributed by atoms with Crippen LogP contribution in [-0.2, 0) is 11.3 Å². The van der Waals surface area contributed by atoms with E-state index in [4.69, 9.17) is 0 Å². The van der Waals surface area contributed by atoms with Gasteiger partial charge in [0.2, 0.25) is 5.91 Å². The van der Waals surface area contributed by atoms with E-state index in [1.54, 1.807) is 0 Å². The smallest absolute Gasteiger partial charge is 0.227 e. The molecular formula is C14H17NO. The maximum atomic E-state index is 11.7. The Balaban J connectivity index is 2.11. The van der Waals surface area contributed by atoms with Crippen LogP contribution in [0.5, 0.6) is 0 Å². The van der Waals surface area contributed by atoms with Crippen LogP contribution in [0.15, 0.2) is 42.1 Å². The Hall–Kier alpha value is -1.57. The Bertz CT molecular complexity index is 394. The van der Waals surface area contributed by atoms with E-state index >= 15 is 0 Å². The van der Waals surface area contributed by atoms with E-state index in [2.05, 4.69) is 19.1 Å². The molecule has 1 heterocycles. The predicted octanol–water partition coefficient (Wildman–Crippen LogP) is 3.10. The van der Waals surface area contributed by atoms with Crippen molar-refractivity contribution in [3.8, 4) is 0 Å². The number of allylic oxidation sites excluding steroid dienone is 1. The Morgan fingerprint density at radius 2 is 1.94 bits per heavy atom. The van der Waals surface area contributed by atoms with Gasteiger partial charge in [0.05, 0.1) is 6.54 Å². The zero-order chi connectivity index (χ0) is 11.4. The van der Waals surface area contributed by atoms with E-state index in [-0.39, 0.29) is 5.91 Å². The van der Waals surface area contributed by atoms with Gasteiger partial charge in [-0.3, -0.25) is 4.79 Å². The summed E-state index contributed by atoms with van der Waals surface area (Å²) in [5, 5.41) is 0. The summed E-state index contributed by atoms with van der Waals surface area (Å²) in [5.41, 5.74) is 2.56. The third-order valence-corrected chi connectivity index (χ3v) is 2.97. The first-order valence-electron chi connectivity index (χ1n) is 5.82. The molecule has 84 valence electrons. The van der Waals surface area contributed by atoms with Crippen molar-refractivity contribution in [2.24, 2.45) is 0 Å². The molecule has 16 heavy (non-hydrogen) atoms. The summed E-state index contributed by atoms with van der Waals surface area (Å²) in [5.74, 6) is 0.237.